The minimum atomic E-state index is -0.309. The molecule has 0 atom stereocenters. The van der Waals surface area contributed by atoms with Crippen LogP contribution in [0.3, 0.4) is 0 Å². The smallest absolute Gasteiger partial charge is 0.259 e. The van der Waals surface area contributed by atoms with E-state index in [0.717, 1.165) is 5.56 Å². The van der Waals surface area contributed by atoms with Gasteiger partial charge in [-0.3, -0.25) is 9.78 Å². The molecule has 0 saturated heterocycles. The molecule has 3 aromatic rings. The Morgan fingerprint density at radius 1 is 1.15 bits per heavy atom. The average molecular weight is 369 g/mol. The highest BCUT2D eigenvalue weighted by Gasteiger charge is 2.15. The van der Waals surface area contributed by atoms with Gasteiger partial charge in [0.15, 0.2) is 0 Å². The molecule has 3 rings (SSSR count). The lowest BCUT2D eigenvalue weighted by molar-refractivity contribution is 0.102. The van der Waals surface area contributed by atoms with Gasteiger partial charge in [0.1, 0.15) is 11.6 Å². The summed E-state index contributed by atoms with van der Waals surface area (Å²) in [6.07, 6.45) is 5.06. The molecule has 0 aliphatic carbocycles. The van der Waals surface area contributed by atoms with Gasteiger partial charge in [0.2, 0.25) is 0 Å². The number of carbonyl (C=O) groups excluding carboxylic acids is 1. The van der Waals surface area contributed by atoms with E-state index in [4.69, 9.17) is 16.3 Å². The van der Waals surface area contributed by atoms with Crippen LogP contribution in [0, 0.1) is 0 Å². The Bertz CT molecular complexity index is 903. The van der Waals surface area contributed by atoms with E-state index in [2.05, 4.69) is 20.6 Å². The molecule has 0 bridgehead atoms. The molecule has 0 fully saturated rings. The van der Waals surface area contributed by atoms with Crippen LogP contribution in [-0.4, -0.2) is 23.0 Å². The highest BCUT2D eigenvalue weighted by molar-refractivity contribution is 6.31. The number of nitrogens with zero attached hydrogens (tertiary/aromatic N) is 2. The normalized spacial score (nSPS) is 10.2. The van der Waals surface area contributed by atoms with Crippen molar-refractivity contribution in [1.29, 1.82) is 0 Å². The molecule has 2 heterocycles. The summed E-state index contributed by atoms with van der Waals surface area (Å²) in [6, 6.07) is 12.2. The fraction of sp³-hybridized carbons (Fsp3) is 0.105. The van der Waals surface area contributed by atoms with Crippen LogP contribution in [0.5, 0.6) is 5.75 Å². The zero-order valence-corrected chi connectivity index (χ0v) is 14.8. The van der Waals surface area contributed by atoms with E-state index in [9.17, 15) is 4.79 Å². The molecule has 26 heavy (non-hydrogen) atoms. The molecule has 132 valence electrons. The van der Waals surface area contributed by atoms with E-state index in [0.29, 0.717) is 34.4 Å². The van der Waals surface area contributed by atoms with Crippen LogP contribution in [0.15, 0.2) is 61.1 Å². The second-order valence-electron chi connectivity index (χ2n) is 5.41. The fourth-order valence-corrected chi connectivity index (χ4v) is 2.56. The lowest BCUT2D eigenvalue weighted by Crippen LogP contribution is -2.16. The molecule has 2 aromatic heterocycles. The highest BCUT2D eigenvalue weighted by Crippen LogP contribution is 2.28. The molecule has 2 N–H and O–H groups in total. The Balaban J connectivity index is 1.79. The Morgan fingerprint density at radius 2 is 1.96 bits per heavy atom. The third-order valence-electron chi connectivity index (χ3n) is 3.67. The van der Waals surface area contributed by atoms with Crippen molar-refractivity contribution in [2.75, 3.05) is 17.7 Å². The van der Waals surface area contributed by atoms with Crippen LogP contribution >= 0.6 is 11.6 Å². The van der Waals surface area contributed by atoms with Crippen LogP contribution in [0.2, 0.25) is 5.02 Å². The summed E-state index contributed by atoms with van der Waals surface area (Å²) in [5.74, 6) is 0.705. The lowest BCUT2D eigenvalue weighted by atomic mass is 10.2. The van der Waals surface area contributed by atoms with Gasteiger partial charge in [-0.05, 0) is 48.0 Å². The molecular weight excluding hydrogens is 352 g/mol. The van der Waals surface area contributed by atoms with Gasteiger partial charge < -0.3 is 15.4 Å². The van der Waals surface area contributed by atoms with Crippen molar-refractivity contribution in [3.63, 3.8) is 0 Å². The highest BCUT2D eigenvalue weighted by atomic mass is 35.5. The van der Waals surface area contributed by atoms with Gasteiger partial charge in [0.25, 0.3) is 5.91 Å². The summed E-state index contributed by atoms with van der Waals surface area (Å²) >= 11 is 6.02. The zero-order chi connectivity index (χ0) is 18.4. The van der Waals surface area contributed by atoms with Crippen LogP contribution in [0.1, 0.15) is 15.9 Å². The molecule has 7 heteroatoms. The van der Waals surface area contributed by atoms with E-state index in [1.807, 2.05) is 12.1 Å². The minimum absolute atomic E-state index is 0.309. The predicted octanol–water partition coefficient (Wildman–Crippen LogP) is 4.00. The molecule has 0 aliphatic rings. The number of aromatic nitrogens is 2. The van der Waals surface area contributed by atoms with E-state index in [-0.39, 0.29) is 5.91 Å². The number of carbonyl (C=O) groups is 1. The van der Waals surface area contributed by atoms with Gasteiger partial charge in [-0.1, -0.05) is 11.6 Å². The van der Waals surface area contributed by atoms with E-state index >= 15 is 0 Å². The van der Waals surface area contributed by atoms with Crippen molar-refractivity contribution < 1.29 is 9.53 Å². The Kier molecular flexibility index (Phi) is 5.66. The Hall–Kier alpha value is -3.12. The summed E-state index contributed by atoms with van der Waals surface area (Å²) in [6.45, 7) is 0.528. The molecule has 0 aliphatic heterocycles. The molecule has 1 aromatic carbocycles. The van der Waals surface area contributed by atoms with Gasteiger partial charge in [-0.15, -0.1) is 0 Å². The summed E-state index contributed by atoms with van der Waals surface area (Å²) in [5, 5.41) is 6.50. The van der Waals surface area contributed by atoms with Crippen molar-refractivity contribution in [3.8, 4) is 5.75 Å². The van der Waals surface area contributed by atoms with Crippen molar-refractivity contribution in [1.82, 2.24) is 9.97 Å². The number of anilines is 2. The summed E-state index contributed by atoms with van der Waals surface area (Å²) in [7, 11) is 1.53. The van der Waals surface area contributed by atoms with Gasteiger partial charge in [-0.25, -0.2) is 4.98 Å². The van der Waals surface area contributed by atoms with Crippen molar-refractivity contribution in [2.24, 2.45) is 0 Å². The summed E-state index contributed by atoms with van der Waals surface area (Å²) < 4.78 is 5.26. The third-order valence-corrected chi connectivity index (χ3v) is 3.91. The number of hydrogen-bond donors (Lipinski definition) is 2. The zero-order valence-electron chi connectivity index (χ0n) is 14.1. The number of pyridine rings is 2. The number of rotatable bonds is 6. The average Bonchev–Trinajstić information content (AvgIpc) is 2.67. The first-order chi connectivity index (χ1) is 12.7. The molecule has 0 unspecified atom stereocenters. The maximum atomic E-state index is 12.7. The van der Waals surface area contributed by atoms with Gasteiger partial charge in [0.05, 0.1) is 18.4 Å². The maximum absolute atomic E-state index is 12.7. The van der Waals surface area contributed by atoms with Crippen LogP contribution in [0.25, 0.3) is 0 Å². The SMILES string of the molecule is COc1ccc(Cl)cc1NC(=O)c1cccnc1NCc1ccncc1. The van der Waals surface area contributed by atoms with Crippen molar-refractivity contribution in [3.05, 3.63) is 77.2 Å². The number of methoxy groups -OCH3 is 1. The maximum Gasteiger partial charge on any atom is 0.259 e. The van der Waals surface area contributed by atoms with Crippen LogP contribution in [-0.2, 0) is 6.54 Å². The van der Waals surface area contributed by atoms with Gasteiger partial charge in [-0.2, -0.15) is 0 Å². The first-order valence-electron chi connectivity index (χ1n) is 7.90. The number of ether oxygens (including phenoxy) is 1. The third kappa shape index (κ3) is 4.29. The van der Waals surface area contributed by atoms with E-state index in [1.54, 1.807) is 48.9 Å². The number of hydrogen-bond acceptors (Lipinski definition) is 5. The van der Waals surface area contributed by atoms with Crippen LogP contribution < -0.4 is 15.4 Å². The molecule has 0 radical (unpaired) electrons. The lowest BCUT2D eigenvalue weighted by Gasteiger charge is -2.13. The molecule has 1 amide bonds. The van der Waals surface area contributed by atoms with Crippen LogP contribution in [0.4, 0.5) is 11.5 Å². The van der Waals surface area contributed by atoms with E-state index in [1.165, 1.54) is 7.11 Å². The molecular formula is C19H17ClN4O2. The molecule has 6 nitrogen and oxygen atoms in total. The molecule has 0 spiro atoms. The Morgan fingerprint density at radius 3 is 2.73 bits per heavy atom. The number of halogens is 1. The first-order valence-corrected chi connectivity index (χ1v) is 8.28. The fourth-order valence-electron chi connectivity index (χ4n) is 2.38. The van der Waals surface area contributed by atoms with E-state index < -0.39 is 0 Å². The number of amides is 1. The monoisotopic (exact) mass is 368 g/mol. The Labute approximate surface area is 156 Å². The standard InChI is InChI=1S/C19H17ClN4O2/c1-26-17-5-4-14(20)11-16(17)24-19(25)15-3-2-8-22-18(15)23-12-13-6-9-21-10-7-13/h2-11H,12H2,1H3,(H,22,23)(H,24,25). The quantitative estimate of drug-likeness (QED) is 0.687. The number of nitrogens with one attached hydrogen (secondary N) is 2. The van der Waals surface area contributed by atoms with Gasteiger partial charge >= 0.3 is 0 Å². The second-order valence-corrected chi connectivity index (χ2v) is 5.84. The minimum Gasteiger partial charge on any atom is -0.495 e. The predicted molar refractivity (Wildman–Crippen MR) is 102 cm³/mol. The summed E-state index contributed by atoms with van der Waals surface area (Å²) in [5.41, 5.74) is 1.95. The number of benzene rings is 1. The molecule has 0 saturated carbocycles. The van der Waals surface area contributed by atoms with Crippen molar-refractivity contribution >= 4 is 29.0 Å². The second kappa shape index (κ2) is 8.31. The topological polar surface area (TPSA) is 76.1 Å². The first kappa shape index (κ1) is 17.7. The van der Waals surface area contributed by atoms with Crippen molar-refractivity contribution in [2.45, 2.75) is 6.54 Å². The largest absolute Gasteiger partial charge is 0.495 e. The summed E-state index contributed by atoms with van der Waals surface area (Å²) in [4.78, 5) is 21.0. The van der Waals surface area contributed by atoms with Gasteiger partial charge in [0, 0.05) is 30.2 Å².